The Hall–Kier alpha value is -1.61. The molecule has 0 fully saturated rings. The van der Waals surface area contributed by atoms with Crippen LogP contribution in [0.2, 0.25) is 5.02 Å². The number of urea groups is 1. The third kappa shape index (κ3) is 5.51. The van der Waals surface area contributed by atoms with Crippen molar-refractivity contribution in [2.75, 3.05) is 5.32 Å². The van der Waals surface area contributed by atoms with Gasteiger partial charge in [0.1, 0.15) is 4.21 Å². The maximum atomic E-state index is 12.6. The van der Waals surface area contributed by atoms with Gasteiger partial charge in [0, 0.05) is 5.02 Å². The predicted molar refractivity (Wildman–Crippen MR) is 119 cm³/mol. The van der Waals surface area contributed by atoms with Crippen molar-refractivity contribution in [3.8, 4) is 0 Å². The van der Waals surface area contributed by atoms with Crippen LogP contribution in [0.5, 0.6) is 0 Å². The Morgan fingerprint density at radius 2 is 1.79 bits per heavy atom. The molecule has 2 rings (SSSR count). The summed E-state index contributed by atoms with van der Waals surface area (Å²) in [5.41, 5.74) is 1.43. The summed E-state index contributed by atoms with van der Waals surface area (Å²) in [5.74, 6) is 0.128. The molecule has 1 aromatic heterocycles. The van der Waals surface area contributed by atoms with Crippen LogP contribution >= 0.6 is 22.9 Å². The van der Waals surface area contributed by atoms with Crippen LogP contribution in [0, 0.1) is 0 Å². The molecule has 9 heteroatoms. The van der Waals surface area contributed by atoms with Gasteiger partial charge in [-0.2, -0.15) is 0 Å². The molecule has 29 heavy (non-hydrogen) atoms. The van der Waals surface area contributed by atoms with Crippen LogP contribution in [0.4, 0.5) is 10.5 Å². The molecule has 6 nitrogen and oxygen atoms in total. The lowest BCUT2D eigenvalue weighted by Crippen LogP contribution is -2.34. The van der Waals surface area contributed by atoms with E-state index in [1.54, 1.807) is 25.3 Å². The lowest BCUT2D eigenvalue weighted by Gasteiger charge is -2.21. The lowest BCUT2D eigenvalue weighted by atomic mass is 9.92. The predicted octanol–water partition coefficient (Wildman–Crippen LogP) is 5.39. The molecular formula is C20H27ClN2O4S2. The number of halogens is 1. The number of amides is 2. The fourth-order valence-electron chi connectivity index (χ4n) is 2.89. The van der Waals surface area contributed by atoms with Crippen LogP contribution in [0.1, 0.15) is 70.1 Å². The lowest BCUT2D eigenvalue weighted by molar-refractivity contribution is 0.0789. The number of carbonyl (C=O) groups is 1. The Morgan fingerprint density at radius 3 is 2.28 bits per heavy atom. The number of benzene rings is 1. The first kappa shape index (κ1) is 23.7. The van der Waals surface area contributed by atoms with Crippen molar-refractivity contribution < 1.29 is 18.3 Å². The number of carbonyl (C=O) groups excluding carboxylic acids is 1. The number of aliphatic hydroxyl groups is 1. The average Bonchev–Trinajstić information content (AvgIpc) is 3.04. The van der Waals surface area contributed by atoms with E-state index in [1.165, 1.54) is 6.07 Å². The average molecular weight is 459 g/mol. The highest BCUT2D eigenvalue weighted by Crippen LogP contribution is 2.37. The summed E-state index contributed by atoms with van der Waals surface area (Å²) >= 11 is 7.29. The van der Waals surface area contributed by atoms with Gasteiger partial charge < -0.3 is 10.4 Å². The van der Waals surface area contributed by atoms with Crippen LogP contribution < -0.4 is 10.0 Å². The molecule has 0 aliphatic carbocycles. The van der Waals surface area contributed by atoms with Crippen molar-refractivity contribution in [1.82, 2.24) is 4.72 Å². The van der Waals surface area contributed by atoms with Crippen molar-refractivity contribution >= 4 is 44.7 Å². The largest absolute Gasteiger partial charge is 0.386 e. The number of hydrogen-bond acceptors (Lipinski definition) is 5. The van der Waals surface area contributed by atoms with E-state index in [0.29, 0.717) is 16.3 Å². The quantitative estimate of drug-likeness (QED) is 0.541. The molecule has 2 amide bonds. The van der Waals surface area contributed by atoms with Crippen molar-refractivity contribution in [1.29, 1.82) is 0 Å². The third-order valence-electron chi connectivity index (χ3n) is 4.44. The number of thiophene rings is 1. The summed E-state index contributed by atoms with van der Waals surface area (Å²) in [7, 11) is -4.08. The fourth-order valence-corrected chi connectivity index (χ4v) is 5.51. The van der Waals surface area contributed by atoms with Crippen molar-refractivity contribution in [2.24, 2.45) is 0 Å². The molecule has 0 unspecified atom stereocenters. The van der Waals surface area contributed by atoms with Gasteiger partial charge in [-0.15, -0.1) is 11.3 Å². The smallest absolute Gasteiger partial charge is 0.333 e. The van der Waals surface area contributed by atoms with Crippen LogP contribution in [0.25, 0.3) is 0 Å². The highest BCUT2D eigenvalue weighted by atomic mass is 35.5. The molecule has 0 aliphatic rings. The van der Waals surface area contributed by atoms with Crippen molar-refractivity contribution in [2.45, 2.75) is 63.2 Å². The van der Waals surface area contributed by atoms with Crippen LogP contribution in [-0.4, -0.2) is 19.6 Å². The zero-order valence-electron chi connectivity index (χ0n) is 17.3. The fraction of sp³-hybridized carbons (Fsp3) is 0.450. The van der Waals surface area contributed by atoms with Gasteiger partial charge in [-0.25, -0.2) is 17.9 Å². The molecule has 2 aromatic rings. The zero-order valence-corrected chi connectivity index (χ0v) is 19.7. The first-order chi connectivity index (χ1) is 13.2. The van der Waals surface area contributed by atoms with Crippen LogP contribution in [0.15, 0.2) is 27.8 Å². The molecule has 0 saturated carbocycles. The highest BCUT2D eigenvalue weighted by Gasteiger charge is 2.26. The van der Waals surface area contributed by atoms with E-state index < -0.39 is 21.7 Å². The SMILES string of the molecule is CC(C)c1ccc(Cl)c(C(C)C)c1NC(=O)NS(=O)(=O)c1cc(C(C)(C)O)cs1. The van der Waals surface area contributed by atoms with E-state index in [1.807, 2.05) is 38.5 Å². The highest BCUT2D eigenvalue weighted by molar-refractivity contribution is 7.92. The van der Waals surface area contributed by atoms with Gasteiger partial charge in [-0.1, -0.05) is 45.4 Å². The molecule has 0 spiro atoms. The van der Waals surface area contributed by atoms with Gasteiger partial charge in [0.05, 0.1) is 11.3 Å². The molecule has 0 aliphatic heterocycles. The Kier molecular flexibility index (Phi) is 7.05. The van der Waals surface area contributed by atoms with Gasteiger partial charge in [0.25, 0.3) is 10.0 Å². The van der Waals surface area contributed by atoms with E-state index in [4.69, 9.17) is 11.6 Å². The van der Waals surface area contributed by atoms with Gasteiger partial charge in [-0.05, 0) is 59.9 Å². The molecule has 0 atom stereocenters. The molecule has 160 valence electrons. The summed E-state index contributed by atoms with van der Waals surface area (Å²) < 4.78 is 27.2. The third-order valence-corrected chi connectivity index (χ3v) is 7.54. The first-order valence-corrected chi connectivity index (χ1v) is 12.0. The number of sulfonamides is 1. The summed E-state index contributed by atoms with van der Waals surface area (Å²) in [6.07, 6.45) is 0. The van der Waals surface area contributed by atoms with Gasteiger partial charge in [0.15, 0.2) is 0 Å². The molecule has 0 saturated heterocycles. The van der Waals surface area contributed by atoms with E-state index in [2.05, 4.69) is 5.32 Å². The van der Waals surface area contributed by atoms with Crippen molar-refractivity contribution in [3.05, 3.63) is 45.3 Å². The van der Waals surface area contributed by atoms with E-state index >= 15 is 0 Å². The second-order valence-electron chi connectivity index (χ2n) is 8.01. The van der Waals surface area contributed by atoms with E-state index in [9.17, 15) is 18.3 Å². The Balaban J connectivity index is 2.33. The maximum absolute atomic E-state index is 12.6. The zero-order chi connectivity index (χ0) is 22.1. The summed E-state index contributed by atoms with van der Waals surface area (Å²) in [5, 5.41) is 14.8. The Bertz CT molecular complexity index is 1010. The number of nitrogens with one attached hydrogen (secondary N) is 2. The normalized spacial score (nSPS) is 12.5. The van der Waals surface area contributed by atoms with Crippen molar-refractivity contribution in [3.63, 3.8) is 0 Å². The van der Waals surface area contributed by atoms with Crippen LogP contribution in [-0.2, 0) is 15.6 Å². The van der Waals surface area contributed by atoms with E-state index in [-0.39, 0.29) is 16.0 Å². The minimum absolute atomic E-state index is 0.0275. The van der Waals surface area contributed by atoms with E-state index in [0.717, 1.165) is 22.5 Å². The first-order valence-electron chi connectivity index (χ1n) is 9.21. The molecule has 3 N–H and O–H groups in total. The molecule has 1 aromatic carbocycles. The molecule has 0 radical (unpaired) electrons. The minimum Gasteiger partial charge on any atom is -0.386 e. The Morgan fingerprint density at radius 1 is 1.17 bits per heavy atom. The number of hydrogen-bond donors (Lipinski definition) is 3. The van der Waals surface area contributed by atoms with Crippen LogP contribution in [0.3, 0.4) is 0 Å². The standard InChI is InChI=1S/C20H27ClN2O4S2/c1-11(2)14-7-8-15(21)17(12(3)4)18(14)22-19(24)23-29(26,27)16-9-13(10-28-16)20(5,6)25/h7-12,25H,1-6H3,(H2,22,23,24). The molecular weight excluding hydrogens is 432 g/mol. The number of rotatable bonds is 6. The van der Waals surface area contributed by atoms with Gasteiger partial charge in [-0.3, -0.25) is 0 Å². The second kappa shape index (κ2) is 8.63. The van der Waals surface area contributed by atoms with Gasteiger partial charge >= 0.3 is 6.03 Å². The monoisotopic (exact) mass is 458 g/mol. The summed E-state index contributed by atoms with van der Waals surface area (Å²) in [6.45, 7) is 11.0. The topological polar surface area (TPSA) is 95.5 Å². The summed E-state index contributed by atoms with van der Waals surface area (Å²) in [4.78, 5) is 12.6. The second-order valence-corrected chi connectivity index (χ2v) is 11.2. The maximum Gasteiger partial charge on any atom is 0.333 e. The van der Waals surface area contributed by atoms with Gasteiger partial charge in [0.2, 0.25) is 0 Å². The molecule has 0 bridgehead atoms. The Labute approximate surface area is 181 Å². The minimum atomic E-state index is -4.08. The summed E-state index contributed by atoms with van der Waals surface area (Å²) in [6, 6.07) is 4.11. The molecule has 1 heterocycles. The number of anilines is 1.